The van der Waals surface area contributed by atoms with Crippen molar-refractivity contribution in [1.82, 2.24) is 14.1 Å². The zero-order chi connectivity index (χ0) is 21.2. The number of amides is 1. The van der Waals surface area contributed by atoms with E-state index in [0.717, 1.165) is 12.1 Å². The van der Waals surface area contributed by atoms with Crippen LogP contribution in [0.25, 0.3) is 0 Å². The Morgan fingerprint density at radius 2 is 1.50 bits per heavy atom. The number of piperazine rings is 1. The van der Waals surface area contributed by atoms with Crippen LogP contribution in [-0.4, -0.2) is 72.7 Å². The van der Waals surface area contributed by atoms with E-state index in [9.17, 15) is 22.0 Å². The summed E-state index contributed by atoms with van der Waals surface area (Å²) in [5.74, 6) is -2.26. The lowest BCUT2D eigenvalue weighted by Gasteiger charge is -2.40. The van der Waals surface area contributed by atoms with Crippen LogP contribution in [0.4, 0.5) is 8.78 Å². The van der Waals surface area contributed by atoms with Crippen LogP contribution in [0.3, 0.4) is 0 Å². The van der Waals surface area contributed by atoms with Crippen LogP contribution >= 0.6 is 0 Å². The van der Waals surface area contributed by atoms with Gasteiger partial charge in [0.25, 0.3) is 0 Å². The van der Waals surface area contributed by atoms with E-state index in [4.69, 9.17) is 0 Å². The molecule has 1 atom stereocenters. The van der Waals surface area contributed by atoms with Gasteiger partial charge in [0, 0.05) is 38.3 Å². The molecule has 2 rings (SSSR count). The molecule has 1 amide bonds. The lowest BCUT2D eigenvalue weighted by Crippen LogP contribution is -2.57. The zero-order valence-electron chi connectivity index (χ0n) is 17.0. The number of carbonyl (C=O) groups excluding carboxylic acids is 1. The molecule has 1 aliphatic rings. The summed E-state index contributed by atoms with van der Waals surface area (Å²) in [6.45, 7) is 10.9. The smallest absolute Gasteiger partial charge is 0.243 e. The number of nitrogens with zero attached hydrogens (tertiary/aromatic N) is 3. The summed E-state index contributed by atoms with van der Waals surface area (Å²) in [5, 5.41) is 0. The SMILES string of the molecule is CC(C(=O)N(C(C)C)C(C)C)N1CCN(S(=O)(=O)c2ccc(F)c(F)c2)CC1. The van der Waals surface area contributed by atoms with Gasteiger partial charge in [0.2, 0.25) is 15.9 Å². The maximum Gasteiger partial charge on any atom is 0.243 e. The molecule has 1 saturated heterocycles. The highest BCUT2D eigenvalue weighted by atomic mass is 32.2. The molecule has 0 aromatic heterocycles. The number of carbonyl (C=O) groups is 1. The predicted octanol–water partition coefficient (Wildman–Crippen LogP) is 2.31. The molecule has 158 valence electrons. The molecule has 1 aromatic rings. The molecule has 0 spiro atoms. The van der Waals surface area contributed by atoms with Crippen LogP contribution in [0.5, 0.6) is 0 Å². The summed E-state index contributed by atoms with van der Waals surface area (Å²) in [5.41, 5.74) is 0. The molecule has 1 unspecified atom stereocenters. The molecule has 1 fully saturated rings. The highest BCUT2D eigenvalue weighted by Gasteiger charge is 2.34. The summed E-state index contributed by atoms with van der Waals surface area (Å²) in [6, 6.07) is 2.36. The van der Waals surface area contributed by atoms with Crippen LogP contribution in [0.1, 0.15) is 34.6 Å². The van der Waals surface area contributed by atoms with Gasteiger partial charge in [-0.2, -0.15) is 4.31 Å². The van der Waals surface area contributed by atoms with Crippen molar-refractivity contribution in [3.8, 4) is 0 Å². The lowest BCUT2D eigenvalue weighted by atomic mass is 10.1. The van der Waals surface area contributed by atoms with Crippen molar-refractivity contribution in [2.75, 3.05) is 26.2 Å². The Bertz CT molecular complexity index is 799. The van der Waals surface area contributed by atoms with E-state index in [2.05, 4.69) is 0 Å². The molecule has 0 bridgehead atoms. The average Bonchev–Trinajstić information content (AvgIpc) is 2.62. The fraction of sp³-hybridized carbons (Fsp3) is 0.632. The Hall–Kier alpha value is -1.58. The van der Waals surface area contributed by atoms with Crippen LogP contribution in [-0.2, 0) is 14.8 Å². The van der Waals surface area contributed by atoms with E-state index < -0.39 is 21.7 Å². The van der Waals surface area contributed by atoms with E-state index in [1.54, 1.807) is 0 Å². The molecule has 1 aliphatic heterocycles. The molecule has 1 aromatic carbocycles. The first-order chi connectivity index (χ1) is 13.0. The van der Waals surface area contributed by atoms with Gasteiger partial charge in [0.05, 0.1) is 10.9 Å². The number of hydrogen-bond acceptors (Lipinski definition) is 4. The third-order valence-electron chi connectivity index (χ3n) is 5.07. The topological polar surface area (TPSA) is 60.9 Å². The molecule has 0 N–H and O–H groups in total. The van der Waals surface area contributed by atoms with Gasteiger partial charge in [-0.1, -0.05) is 0 Å². The van der Waals surface area contributed by atoms with E-state index in [1.165, 1.54) is 4.31 Å². The summed E-state index contributed by atoms with van der Waals surface area (Å²) >= 11 is 0. The molecule has 0 aliphatic carbocycles. The normalized spacial score (nSPS) is 17.9. The Balaban J connectivity index is 2.07. The van der Waals surface area contributed by atoms with Crippen molar-refractivity contribution >= 4 is 15.9 Å². The Kier molecular flexibility index (Phi) is 7.17. The minimum Gasteiger partial charge on any atom is -0.336 e. The highest BCUT2D eigenvalue weighted by Crippen LogP contribution is 2.21. The van der Waals surface area contributed by atoms with Crippen molar-refractivity contribution in [1.29, 1.82) is 0 Å². The molecular weight excluding hydrogens is 388 g/mol. The van der Waals surface area contributed by atoms with E-state index in [1.807, 2.05) is 44.4 Å². The molecule has 28 heavy (non-hydrogen) atoms. The minimum absolute atomic E-state index is 0.0157. The largest absolute Gasteiger partial charge is 0.336 e. The van der Waals surface area contributed by atoms with E-state index >= 15 is 0 Å². The van der Waals surface area contributed by atoms with Gasteiger partial charge in [0.1, 0.15) is 0 Å². The highest BCUT2D eigenvalue weighted by molar-refractivity contribution is 7.89. The Morgan fingerprint density at radius 3 is 1.96 bits per heavy atom. The molecule has 0 saturated carbocycles. The van der Waals surface area contributed by atoms with Crippen LogP contribution < -0.4 is 0 Å². The average molecular weight is 418 g/mol. The van der Waals surface area contributed by atoms with Crippen LogP contribution in [0, 0.1) is 11.6 Å². The summed E-state index contributed by atoms with van der Waals surface area (Å²) in [7, 11) is -3.91. The number of benzene rings is 1. The first kappa shape index (κ1) is 22.7. The molecule has 0 radical (unpaired) electrons. The van der Waals surface area contributed by atoms with Gasteiger partial charge in [-0.3, -0.25) is 9.69 Å². The summed E-state index contributed by atoms with van der Waals surface area (Å²) < 4.78 is 53.2. The Morgan fingerprint density at radius 1 is 0.964 bits per heavy atom. The minimum atomic E-state index is -3.91. The maximum atomic E-state index is 13.4. The number of halogens is 2. The van der Waals surface area contributed by atoms with Crippen molar-refractivity contribution in [2.45, 2.75) is 57.6 Å². The van der Waals surface area contributed by atoms with Crippen LogP contribution in [0.15, 0.2) is 23.1 Å². The first-order valence-corrected chi connectivity index (χ1v) is 10.9. The zero-order valence-corrected chi connectivity index (χ0v) is 17.8. The second-order valence-corrected chi connectivity index (χ2v) is 9.56. The van der Waals surface area contributed by atoms with Crippen LogP contribution in [0.2, 0.25) is 0 Å². The second-order valence-electron chi connectivity index (χ2n) is 7.62. The lowest BCUT2D eigenvalue weighted by molar-refractivity contribution is -0.140. The first-order valence-electron chi connectivity index (χ1n) is 9.48. The Labute approximate surface area is 166 Å². The fourth-order valence-electron chi connectivity index (χ4n) is 3.59. The van der Waals surface area contributed by atoms with Crippen molar-refractivity contribution < 1.29 is 22.0 Å². The van der Waals surface area contributed by atoms with Crippen molar-refractivity contribution in [3.63, 3.8) is 0 Å². The van der Waals surface area contributed by atoms with Gasteiger partial charge in [-0.05, 0) is 52.8 Å². The molecular formula is C19H29F2N3O3S. The van der Waals surface area contributed by atoms with Crippen molar-refractivity contribution in [2.24, 2.45) is 0 Å². The number of sulfonamides is 1. The van der Waals surface area contributed by atoms with Gasteiger partial charge >= 0.3 is 0 Å². The van der Waals surface area contributed by atoms with Crippen molar-refractivity contribution in [3.05, 3.63) is 29.8 Å². The second kappa shape index (κ2) is 8.84. The van der Waals surface area contributed by atoms with E-state index in [0.29, 0.717) is 19.2 Å². The maximum absolute atomic E-state index is 13.4. The third kappa shape index (κ3) is 4.69. The number of hydrogen-bond donors (Lipinski definition) is 0. The van der Waals surface area contributed by atoms with Gasteiger partial charge in [-0.25, -0.2) is 17.2 Å². The molecule has 6 nitrogen and oxygen atoms in total. The van der Waals surface area contributed by atoms with E-state index in [-0.39, 0.29) is 42.0 Å². The quantitative estimate of drug-likeness (QED) is 0.713. The molecule has 1 heterocycles. The molecule has 9 heteroatoms. The standard InChI is InChI=1S/C19H29F2N3O3S/c1-13(2)24(14(3)4)19(25)15(5)22-8-10-23(11-9-22)28(26,27)16-6-7-17(20)18(21)12-16/h6-7,12-15H,8-11H2,1-5H3. The van der Waals surface area contributed by atoms with Gasteiger partial charge in [-0.15, -0.1) is 0 Å². The van der Waals surface area contributed by atoms with Gasteiger partial charge in [0.15, 0.2) is 11.6 Å². The number of rotatable bonds is 6. The monoisotopic (exact) mass is 417 g/mol. The van der Waals surface area contributed by atoms with Gasteiger partial charge < -0.3 is 4.90 Å². The summed E-state index contributed by atoms with van der Waals surface area (Å²) in [6.07, 6.45) is 0. The third-order valence-corrected chi connectivity index (χ3v) is 6.97. The summed E-state index contributed by atoms with van der Waals surface area (Å²) in [4.78, 5) is 16.4. The fourth-order valence-corrected chi connectivity index (χ4v) is 5.03. The predicted molar refractivity (Wildman–Crippen MR) is 103 cm³/mol.